The predicted octanol–water partition coefficient (Wildman–Crippen LogP) is 3.24. The number of hydrogen-bond acceptors (Lipinski definition) is 2. The molecule has 1 fully saturated rings. The van der Waals surface area contributed by atoms with Crippen LogP contribution >= 0.6 is 0 Å². The van der Waals surface area contributed by atoms with Gasteiger partial charge in [0.15, 0.2) is 0 Å². The van der Waals surface area contributed by atoms with Crippen molar-refractivity contribution in [2.45, 2.75) is 51.6 Å². The van der Waals surface area contributed by atoms with Crippen LogP contribution in [0.2, 0.25) is 0 Å². The molecule has 0 saturated heterocycles. The first kappa shape index (κ1) is 13.2. The van der Waals surface area contributed by atoms with Gasteiger partial charge in [-0.25, -0.2) is 0 Å². The van der Waals surface area contributed by atoms with Crippen LogP contribution in [0.15, 0.2) is 18.5 Å². The van der Waals surface area contributed by atoms with E-state index in [1.165, 1.54) is 31.2 Å². The summed E-state index contributed by atoms with van der Waals surface area (Å²) in [6.07, 6.45) is 9.88. The Morgan fingerprint density at radius 1 is 1.56 bits per heavy atom. The van der Waals surface area contributed by atoms with E-state index in [1.54, 1.807) is 0 Å². The van der Waals surface area contributed by atoms with E-state index in [1.807, 2.05) is 7.05 Å². The van der Waals surface area contributed by atoms with Gasteiger partial charge in [0.1, 0.15) is 0 Å². The summed E-state index contributed by atoms with van der Waals surface area (Å²) in [5, 5.41) is 12.2. The number of nitrogens with one attached hydrogen (secondary N) is 1. The molecule has 18 heavy (non-hydrogen) atoms. The van der Waals surface area contributed by atoms with Crippen molar-refractivity contribution in [1.29, 1.82) is 5.26 Å². The molecule has 98 valence electrons. The molecule has 1 unspecified atom stereocenters. The second-order valence-corrected chi connectivity index (χ2v) is 5.58. The van der Waals surface area contributed by atoms with Gasteiger partial charge in [-0.2, -0.15) is 5.26 Å². The van der Waals surface area contributed by atoms with Crippen molar-refractivity contribution >= 4 is 0 Å². The minimum absolute atomic E-state index is 0.283. The highest BCUT2D eigenvalue weighted by Crippen LogP contribution is 2.50. The van der Waals surface area contributed by atoms with Gasteiger partial charge in [0.2, 0.25) is 0 Å². The molecule has 0 aromatic carbocycles. The Bertz CT molecular complexity index is 423. The Morgan fingerprint density at radius 2 is 2.33 bits per heavy atom. The summed E-state index contributed by atoms with van der Waals surface area (Å²) in [6.45, 7) is 3.22. The molecule has 1 aliphatic rings. The second kappa shape index (κ2) is 5.58. The molecule has 2 rings (SSSR count). The number of rotatable bonds is 7. The van der Waals surface area contributed by atoms with Gasteiger partial charge in [-0.1, -0.05) is 13.3 Å². The van der Waals surface area contributed by atoms with Crippen LogP contribution in [0, 0.1) is 16.7 Å². The van der Waals surface area contributed by atoms with E-state index in [0.717, 1.165) is 6.54 Å². The van der Waals surface area contributed by atoms with E-state index in [-0.39, 0.29) is 5.41 Å². The number of nitriles is 1. The molecule has 3 heteroatoms. The van der Waals surface area contributed by atoms with Crippen molar-refractivity contribution in [3.8, 4) is 6.07 Å². The Morgan fingerprint density at radius 3 is 2.89 bits per heavy atom. The third kappa shape index (κ3) is 2.94. The van der Waals surface area contributed by atoms with Crippen LogP contribution in [0.3, 0.4) is 0 Å². The zero-order chi connectivity index (χ0) is 13.0. The zero-order valence-electron chi connectivity index (χ0n) is 11.4. The summed E-state index contributed by atoms with van der Waals surface area (Å²) >= 11 is 0. The van der Waals surface area contributed by atoms with E-state index in [4.69, 9.17) is 5.26 Å². The van der Waals surface area contributed by atoms with Crippen LogP contribution in [-0.2, 0) is 6.54 Å². The van der Waals surface area contributed by atoms with Crippen molar-refractivity contribution in [2.75, 3.05) is 7.05 Å². The Hall–Kier alpha value is -1.27. The highest BCUT2D eigenvalue weighted by Gasteiger charge is 2.42. The third-order valence-corrected chi connectivity index (χ3v) is 4.03. The third-order valence-electron chi connectivity index (χ3n) is 4.03. The molecule has 1 aliphatic carbocycles. The summed E-state index contributed by atoms with van der Waals surface area (Å²) in [4.78, 5) is 0. The SMILES string of the molecule is CCCC(NC)c1ccn(CC2(CC#N)CC2)c1. The molecule has 1 atom stereocenters. The van der Waals surface area contributed by atoms with Crippen molar-refractivity contribution in [2.24, 2.45) is 5.41 Å². The van der Waals surface area contributed by atoms with Crippen LogP contribution in [0.1, 0.15) is 50.6 Å². The Labute approximate surface area is 110 Å². The maximum Gasteiger partial charge on any atom is 0.0628 e. The summed E-state index contributed by atoms with van der Waals surface area (Å²) in [6, 6.07) is 4.99. The fourth-order valence-electron chi connectivity index (χ4n) is 2.65. The number of aromatic nitrogens is 1. The molecular weight excluding hydrogens is 222 g/mol. The van der Waals surface area contributed by atoms with E-state index in [0.29, 0.717) is 12.5 Å². The van der Waals surface area contributed by atoms with Gasteiger partial charge < -0.3 is 9.88 Å². The first-order chi connectivity index (χ1) is 8.73. The molecule has 3 nitrogen and oxygen atoms in total. The van der Waals surface area contributed by atoms with Gasteiger partial charge in [0.05, 0.1) is 6.07 Å². The van der Waals surface area contributed by atoms with Crippen LogP contribution in [-0.4, -0.2) is 11.6 Å². The van der Waals surface area contributed by atoms with Crippen LogP contribution in [0.25, 0.3) is 0 Å². The monoisotopic (exact) mass is 245 g/mol. The van der Waals surface area contributed by atoms with Crippen molar-refractivity contribution in [3.05, 3.63) is 24.0 Å². The minimum Gasteiger partial charge on any atom is -0.353 e. The summed E-state index contributed by atoms with van der Waals surface area (Å²) < 4.78 is 2.26. The molecule has 0 spiro atoms. The molecule has 1 aromatic rings. The summed E-state index contributed by atoms with van der Waals surface area (Å²) in [5.41, 5.74) is 1.65. The normalized spacial score (nSPS) is 18.3. The van der Waals surface area contributed by atoms with Gasteiger partial charge in [-0.15, -0.1) is 0 Å². The average molecular weight is 245 g/mol. The quantitative estimate of drug-likeness (QED) is 0.801. The molecule has 0 aliphatic heterocycles. The van der Waals surface area contributed by atoms with Gasteiger partial charge in [0.25, 0.3) is 0 Å². The highest BCUT2D eigenvalue weighted by atomic mass is 15.0. The van der Waals surface area contributed by atoms with Crippen molar-refractivity contribution in [3.63, 3.8) is 0 Å². The topological polar surface area (TPSA) is 40.8 Å². The van der Waals surface area contributed by atoms with E-state index >= 15 is 0 Å². The van der Waals surface area contributed by atoms with E-state index in [9.17, 15) is 0 Å². The fraction of sp³-hybridized carbons (Fsp3) is 0.667. The van der Waals surface area contributed by atoms with Gasteiger partial charge in [-0.3, -0.25) is 0 Å². The fourth-order valence-corrected chi connectivity index (χ4v) is 2.65. The number of nitrogens with zero attached hydrogens (tertiary/aromatic N) is 2. The molecule has 1 heterocycles. The van der Waals surface area contributed by atoms with E-state index in [2.05, 4.69) is 41.3 Å². The van der Waals surface area contributed by atoms with Gasteiger partial charge in [-0.05, 0) is 37.9 Å². The maximum atomic E-state index is 8.85. The zero-order valence-corrected chi connectivity index (χ0v) is 11.4. The molecular formula is C15H23N3. The lowest BCUT2D eigenvalue weighted by atomic mass is 10.0. The predicted molar refractivity (Wildman–Crippen MR) is 73.0 cm³/mol. The lowest BCUT2D eigenvalue weighted by Gasteiger charge is -2.14. The highest BCUT2D eigenvalue weighted by molar-refractivity contribution is 5.16. The standard InChI is InChI=1S/C15H23N3/c1-3-4-14(17-2)13-5-10-18(11-13)12-15(6-7-15)8-9-16/h5,10-11,14,17H,3-4,6-8,12H2,1-2H3. The molecule has 1 aromatic heterocycles. The molecule has 0 bridgehead atoms. The summed E-state index contributed by atoms with van der Waals surface area (Å²) in [7, 11) is 2.02. The van der Waals surface area contributed by atoms with Crippen molar-refractivity contribution < 1.29 is 0 Å². The second-order valence-electron chi connectivity index (χ2n) is 5.58. The molecule has 1 saturated carbocycles. The Kier molecular flexibility index (Phi) is 4.08. The molecule has 0 amide bonds. The van der Waals surface area contributed by atoms with Crippen LogP contribution in [0.5, 0.6) is 0 Å². The molecule has 1 N–H and O–H groups in total. The Balaban J connectivity index is 2.00. The lowest BCUT2D eigenvalue weighted by Crippen LogP contribution is -2.15. The maximum absolute atomic E-state index is 8.85. The molecule has 0 radical (unpaired) electrons. The van der Waals surface area contributed by atoms with Crippen LogP contribution < -0.4 is 5.32 Å². The van der Waals surface area contributed by atoms with Crippen molar-refractivity contribution in [1.82, 2.24) is 9.88 Å². The summed E-state index contributed by atoms with van der Waals surface area (Å²) in [5.74, 6) is 0. The average Bonchev–Trinajstić information content (AvgIpc) is 2.95. The van der Waals surface area contributed by atoms with Crippen LogP contribution in [0.4, 0.5) is 0 Å². The van der Waals surface area contributed by atoms with Gasteiger partial charge in [0, 0.05) is 36.8 Å². The first-order valence-electron chi connectivity index (χ1n) is 6.93. The first-order valence-corrected chi connectivity index (χ1v) is 6.93. The largest absolute Gasteiger partial charge is 0.353 e. The van der Waals surface area contributed by atoms with E-state index < -0.39 is 0 Å². The minimum atomic E-state index is 0.283. The smallest absolute Gasteiger partial charge is 0.0628 e. The van der Waals surface area contributed by atoms with Gasteiger partial charge >= 0.3 is 0 Å². The lowest BCUT2D eigenvalue weighted by molar-refractivity contribution is 0.431. The number of hydrogen-bond donors (Lipinski definition) is 1.